The van der Waals surface area contributed by atoms with Crippen LogP contribution in [0, 0.1) is 11.8 Å². The Morgan fingerprint density at radius 1 is 1.18 bits per heavy atom. The smallest absolute Gasteiger partial charge is 0.311 e. The predicted molar refractivity (Wildman–Crippen MR) is 105 cm³/mol. The predicted octanol–water partition coefficient (Wildman–Crippen LogP) is 3.71. The molecule has 2 heterocycles. The first kappa shape index (κ1) is 20.3. The van der Waals surface area contributed by atoms with Gasteiger partial charge in [0.2, 0.25) is 6.79 Å². The molecule has 0 amide bonds. The number of allylic oxidation sites excluding steroid dienone is 2. The molecule has 3 atom stereocenters. The third-order valence-electron chi connectivity index (χ3n) is 5.17. The molecule has 0 radical (unpaired) electrons. The molecule has 0 bridgehead atoms. The fourth-order valence-corrected chi connectivity index (χ4v) is 3.80. The van der Waals surface area contributed by atoms with Crippen molar-refractivity contribution in [1.82, 2.24) is 5.32 Å². The van der Waals surface area contributed by atoms with Gasteiger partial charge >= 0.3 is 5.97 Å². The number of hydrogen-bond donors (Lipinski definition) is 1. The SMILES string of the molecule is CC/C=C1/OCO/C1=C/CC1CNC(c2ccc(OC)cc2)C1C(=O)OCC. The van der Waals surface area contributed by atoms with Gasteiger partial charge in [0, 0.05) is 6.04 Å². The van der Waals surface area contributed by atoms with E-state index in [0.717, 1.165) is 35.8 Å². The quantitative estimate of drug-likeness (QED) is 0.720. The van der Waals surface area contributed by atoms with Gasteiger partial charge in [-0.15, -0.1) is 0 Å². The summed E-state index contributed by atoms with van der Waals surface area (Å²) in [6, 6.07) is 7.75. The van der Waals surface area contributed by atoms with Crippen molar-refractivity contribution in [3.63, 3.8) is 0 Å². The zero-order chi connectivity index (χ0) is 19.9. The second kappa shape index (κ2) is 9.64. The lowest BCUT2D eigenvalue weighted by atomic mass is 9.85. The number of benzene rings is 1. The zero-order valence-corrected chi connectivity index (χ0v) is 16.8. The van der Waals surface area contributed by atoms with Gasteiger partial charge in [-0.2, -0.15) is 0 Å². The first-order chi connectivity index (χ1) is 13.7. The molecule has 0 aromatic heterocycles. The average Bonchev–Trinajstić information content (AvgIpc) is 3.33. The average molecular weight is 387 g/mol. The second-order valence-electron chi connectivity index (χ2n) is 6.88. The number of hydrogen-bond acceptors (Lipinski definition) is 6. The first-order valence-electron chi connectivity index (χ1n) is 9.88. The minimum Gasteiger partial charge on any atom is -0.497 e. The van der Waals surface area contributed by atoms with Crippen LogP contribution < -0.4 is 10.1 Å². The highest BCUT2D eigenvalue weighted by Gasteiger charge is 2.42. The molecule has 3 rings (SSSR count). The lowest BCUT2D eigenvalue weighted by molar-refractivity contribution is -0.149. The Morgan fingerprint density at radius 2 is 1.89 bits per heavy atom. The van der Waals surface area contributed by atoms with E-state index < -0.39 is 0 Å². The topological polar surface area (TPSA) is 66.0 Å². The Labute approximate surface area is 166 Å². The first-order valence-corrected chi connectivity index (χ1v) is 9.88. The van der Waals surface area contributed by atoms with Crippen LogP contribution in [0.1, 0.15) is 38.3 Å². The van der Waals surface area contributed by atoms with Gasteiger partial charge in [0.25, 0.3) is 0 Å². The Hall–Kier alpha value is -2.47. The van der Waals surface area contributed by atoms with Gasteiger partial charge in [0.15, 0.2) is 11.5 Å². The van der Waals surface area contributed by atoms with Crippen LogP contribution >= 0.6 is 0 Å². The van der Waals surface area contributed by atoms with Crippen LogP contribution in [0.15, 0.2) is 47.9 Å². The third-order valence-corrected chi connectivity index (χ3v) is 5.17. The van der Waals surface area contributed by atoms with Crippen molar-refractivity contribution in [3.05, 3.63) is 53.5 Å². The Bertz CT molecular complexity index is 725. The normalized spacial score (nSPS) is 26.9. The van der Waals surface area contributed by atoms with Crippen LogP contribution in [0.4, 0.5) is 0 Å². The summed E-state index contributed by atoms with van der Waals surface area (Å²) in [4.78, 5) is 12.8. The molecule has 3 unspecified atom stereocenters. The molecular weight excluding hydrogens is 358 g/mol. The summed E-state index contributed by atoms with van der Waals surface area (Å²) in [6.07, 6.45) is 5.63. The van der Waals surface area contributed by atoms with Gasteiger partial charge in [-0.25, -0.2) is 0 Å². The van der Waals surface area contributed by atoms with Gasteiger partial charge in [-0.3, -0.25) is 4.79 Å². The Kier molecular flexibility index (Phi) is 6.98. The van der Waals surface area contributed by atoms with E-state index in [2.05, 4.69) is 12.2 Å². The monoisotopic (exact) mass is 387 g/mol. The molecule has 152 valence electrons. The molecule has 2 aliphatic heterocycles. The highest BCUT2D eigenvalue weighted by molar-refractivity contribution is 5.74. The number of methoxy groups -OCH3 is 1. The third kappa shape index (κ3) is 4.50. The maximum atomic E-state index is 12.8. The summed E-state index contributed by atoms with van der Waals surface area (Å²) < 4.78 is 21.7. The van der Waals surface area contributed by atoms with Crippen LogP contribution in [0.5, 0.6) is 5.75 Å². The minimum absolute atomic E-state index is 0.0836. The largest absolute Gasteiger partial charge is 0.497 e. The van der Waals surface area contributed by atoms with Crippen LogP contribution in [0.2, 0.25) is 0 Å². The van der Waals surface area contributed by atoms with Crippen molar-refractivity contribution in [1.29, 1.82) is 0 Å². The Morgan fingerprint density at radius 3 is 2.54 bits per heavy atom. The van der Waals surface area contributed by atoms with Crippen molar-refractivity contribution in [2.24, 2.45) is 11.8 Å². The van der Waals surface area contributed by atoms with Gasteiger partial charge in [-0.1, -0.05) is 19.1 Å². The molecule has 0 saturated carbocycles. The van der Waals surface area contributed by atoms with E-state index in [1.165, 1.54) is 0 Å². The Balaban J connectivity index is 1.78. The molecule has 1 aromatic carbocycles. The van der Waals surface area contributed by atoms with Crippen LogP contribution in [-0.4, -0.2) is 33.0 Å². The summed E-state index contributed by atoms with van der Waals surface area (Å²) in [5.41, 5.74) is 1.06. The summed E-state index contributed by atoms with van der Waals surface area (Å²) in [6.45, 7) is 5.25. The summed E-state index contributed by atoms with van der Waals surface area (Å²) in [7, 11) is 1.64. The van der Waals surface area contributed by atoms with Crippen molar-refractivity contribution < 1.29 is 23.7 Å². The lowest BCUT2D eigenvalue weighted by Gasteiger charge is -2.22. The molecule has 0 aliphatic carbocycles. The molecular formula is C22H29NO5. The van der Waals surface area contributed by atoms with Gasteiger partial charge in [0.1, 0.15) is 5.75 Å². The van der Waals surface area contributed by atoms with Gasteiger partial charge in [-0.05, 0) is 62.1 Å². The minimum atomic E-state index is -0.258. The van der Waals surface area contributed by atoms with Crippen molar-refractivity contribution >= 4 is 5.97 Å². The fourth-order valence-electron chi connectivity index (χ4n) is 3.80. The lowest BCUT2D eigenvalue weighted by Crippen LogP contribution is -2.28. The molecule has 6 heteroatoms. The zero-order valence-electron chi connectivity index (χ0n) is 16.8. The van der Waals surface area contributed by atoms with E-state index in [4.69, 9.17) is 18.9 Å². The molecule has 1 aromatic rings. The van der Waals surface area contributed by atoms with E-state index in [-0.39, 0.29) is 30.6 Å². The molecule has 6 nitrogen and oxygen atoms in total. The molecule has 2 saturated heterocycles. The van der Waals surface area contributed by atoms with Gasteiger partial charge in [0.05, 0.1) is 19.6 Å². The van der Waals surface area contributed by atoms with E-state index in [9.17, 15) is 4.79 Å². The molecule has 1 N–H and O–H groups in total. The van der Waals surface area contributed by atoms with E-state index in [1.54, 1.807) is 7.11 Å². The van der Waals surface area contributed by atoms with E-state index in [0.29, 0.717) is 13.0 Å². The van der Waals surface area contributed by atoms with Crippen molar-refractivity contribution in [3.8, 4) is 5.75 Å². The summed E-state index contributed by atoms with van der Waals surface area (Å²) >= 11 is 0. The highest BCUT2D eigenvalue weighted by Crippen LogP contribution is 2.38. The number of esters is 1. The fraction of sp³-hybridized carbons (Fsp3) is 0.500. The summed E-state index contributed by atoms with van der Waals surface area (Å²) in [5.74, 6) is 2.04. The van der Waals surface area contributed by atoms with E-state index in [1.807, 2.05) is 43.3 Å². The van der Waals surface area contributed by atoms with Crippen LogP contribution in [0.3, 0.4) is 0 Å². The van der Waals surface area contributed by atoms with Gasteiger partial charge < -0.3 is 24.3 Å². The second-order valence-corrected chi connectivity index (χ2v) is 6.88. The van der Waals surface area contributed by atoms with Crippen molar-refractivity contribution in [2.45, 2.75) is 32.7 Å². The summed E-state index contributed by atoms with van der Waals surface area (Å²) in [5, 5.41) is 3.50. The highest BCUT2D eigenvalue weighted by atomic mass is 16.7. The molecule has 0 spiro atoms. The van der Waals surface area contributed by atoms with Crippen LogP contribution in [0.25, 0.3) is 0 Å². The number of rotatable bonds is 7. The molecule has 2 aliphatic rings. The standard InChI is InChI=1S/C22H29NO5/c1-4-6-18-19(28-14-27-18)12-9-16-13-23-21(20(16)22(24)26-5-2)15-7-10-17(25-3)11-8-15/h6-8,10-12,16,20-21,23H,4-5,9,13-14H2,1-3H3/b18-6+,19-12+. The number of ether oxygens (including phenoxy) is 4. The number of carbonyl (C=O) groups is 1. The molecule has 2 fully saturated rings. The van der Waals surface area contributed by atoms with Crippen molar-refractivity contribution in [2.75, 3.05) is 27.1 Å². The maximum absolute atomic E-state index is 12.8. The number of carbonyl (C=O) groups excluding carboxylic acids is 1. The maximum Gasteiger partial charge on any atom is 0.311 e. The number of nitrogens with one attached hydrogen (secondary N) is 1. The van der Waals surface area contributed by atoms with E-state index >= 15 is 0 Å². The molecule has 28 heavy (non-hydrogen) atoms. The van der Waals surface area contributed by atoms with Crippen LogP contribution in [-0.2, 0) is 19.0 Å².